The lowest BCUT2D eigenvalue weighted by molar-refractivity contribution is -0.218. The Labute approximate surface area is 240 Å². The van der Waals surface area contributed by atoms with E-state index in [2.05, 4.69) is 0 Å². The van der Waals surface area contributed by atoms with Crippen molar-refractivity contribution in [2.75, 3.05) is 0 Å². The topological polar surface area (TPSA) is 152 Å². The first-order valence-electron chi connectivity index (χ1n) is 13.9. The van der Waals surface area contributed by atoms with Crippen LogP contribution >= 0.6 is 0 Å². The normalized spacial score (nSPS) is 37.0. The Balaban J connectivity index is 2.42. The van der Waals surface area contributed by atoms with Crippen molar-refractivity contribution >= 4 is 29.8 Å². The van der Waals surface area contributed by atoms with Gasteiger partial charge in [-0.1, -0.05) is 32.4 Å². The number of hydrogen-bond acceptors (Lipinski definition) is 11. The van der Waals surface area contributed by atoms with Gasteiger partial charge in [0.25, 0.3) is 0 Å². The van der Waals surface area contributed by atoms with Crippen LogP contribution in [0.2, 0.25) is 0 Å². The predicted octanol–water partition coefficient (Wildman–Crippen LogP) is 2.96. The highest BCUT2D eigenvalue weighted by atomic mass is 16.6. The quantitative estimate of drug-likeness (QED) is 0.291. The fourth-order valence-electron chi connectivity index (χ4n) is 6.43. The standard InChI is InChI=1S/C30H42O11/c1-14(2)27(34)40-21-13-23(38-19(7)32)29(9)22(37-18(6)31)11-10-15(3)25(29)26(39-20(8)33)30(36)17(5)28(35)41-24(30)12-16(21)4/h10,12,14,17,21-26,36H,11,13H2,1-9H3. The number of ether oxygens (including phenoxy) is 5. The van der Waals surface area contributed by atoms with Gasteiger partial charge >= 0.3 is 29.8 Å². The Bertz CT molecular complexity index is 1150. The average Bonchev–Trinajstić information content (AvgIpc) is 3.06. The van der Waals surface area contributed by atoms with Crippen molar-refractivity contribution in [1.29, 1.82) is 0 Å². The zero-order valence-corrected chi connectivity index (χ0v) is 25.2. The molecule has 1 fully saturated rings. The Hall–Kier alpha value is -3.21. The molecule has 0 aromatic heterocycles. The van der Waals surface area contributed by atoms with Crippen molar-refractivity contribution in [2.24, 2.45) is 23.2 Å². The molecule has 2 aliphatic carbocycles. The first kappa shape index (κ1) is 32.3. The van der Waals surface area contributed by atoms with Crippen molar-refractivity contribution < 1.29 is 52.8 Å². The van der Waals surface area contributed by atoms with Crippen LogP contribution < -0.4 is 0 Å². The third-order valence-corrected chi connectivity index (χ3v) is 8.70. The lowest BCUT2D eigenvalue weighted by Crippen LogP contribution is -2.65. The van der Waals surface area contributed by atoms with E-state index in [1.54, 1.807) is 34.6 Å². The van der Waals surface area contributed by atoms with Crippen molar-refractivity contribution in [1.82, 2.24) is 0 Å². The number of rotatable bonds is 5. The molecular formula is C30H42O11. The maximum absolute atomic E-state index is 13.0. The van der Waals surface area contributed by atoms with Gasteiger partial charge in [-0.2, -0.15) is 0 Å². The largest absolute Gasteiger partial charge is 0.462 e. The molecule has 1 aliphatic heterocycles. The Morgan fingerprint density at radius 3 is 2.05 bits per heavy atom. The molecule has 41 heavy (non-hydrogen) atoms. The summed E-state index contributed by atoms with van der Waals surface area (Å²) in [7, 11) is 0. The molecule has 0 bridgehead atoms. The second-order valence-corrected chi connectivity index (χ2v) is 11.9. The summed E-state index contributed by atoms with van der Waals surface area (Å²) >= 11 is 0. The van der Waals surface area contributed by atoms with E-state index in [4.69, 9.17) is 23.7 Å². The number of hydrogen-bond donors (Lipinski definition) is 1. The summed E-state index contributed by atoms with van der Waals surface area (Å²) in [6, 6.07) is 0. The molecule has 0 amide bonds. The molecule has 3 rings (SSSR count). The summed E-state index contributed by atoms with van der Waals surface area (Å²) in [6.07, 6.45) is -2.08. The maximum Gasteiger partial charge on any atom is 0.312 e. The summed E-state index contributed by atoms with van der Waals surface area (Å²) in [5, 5.41) is 12.4. The predicted molar refractivity (Wildman–Crippen MR) is 144 cm³/mol. The van der Waals surface area contributed by atoms with Crippen LogP contribution in [0.3, 0.4) is 0 Å². The van der Waals surface area contributed by atoms with Gasteiger partial charge in [0.1, 0.15) is 24.4 Å². The van der Waals surface area contributed by atoms with Crippen LogP contribution in [-0.4, -0.2) is 71.1 Å². The van der Waals surface area contributed by atoms with Crippen molar-refractivity contribution in [2.45, 2.75) is 111 Å². The second-order valence-electron chi connectivity index (χ2n) is 11.9. The minimum absolute atomic E-state index is 0.0418. The maximum atomic E-state index is 13.0. The van der Waals surface area contributed by atoms with Gasteiger partial charge in [-0.3, -0.25) is 24.0 Å². The monoisotopic (exact) mass is 578 g/mol. The Morgan fingerprint density at radius 1 is 0.951 bits per heavy atom. The van der Waals surface area contributed by atoms with E-state index >= 15 is 0 Å². The van der Waals surface area contributed by atoms with Gasteiger partial charge in [0.2, 0.25) is 0 Å². The molecule has 1 N–H and O–H groups in total. The van der Waals surface area contributed by atoms with Crippen molar-refractivity contribution in [3.05, 3.63) is 23.3 Å². The smallest absolute Gasteiger partial charge is 0.312 e. The van der Waals surface area contributed by atoms with Gasteiger partial charge in [-0.15, -0.1) is 0 Å². The van der Waals surface area contributed by atoms with Crippen molar-refractivity contribution in [3.8, 4) is 0 Å². The molecule has 11 heteroatoms. The van der Waals surface area contributed by atoms with E-state index in [9.17, 15) is 29.1 Å². The molecule has 0 aromatic carbocycles. The van der Waals surface area contributed by atoms with E-state index in [-0.39, 0.29) is 12.8 Å². The molecule has 1 heterocycles. The van der Waals surface area contributed by atoms with E-state index in [0.717, 1.165) is 0 Å². The second kappa shape index (κ2) is 12.0. The SMILES string of the molecule is CC(=O)OC1CC=C(C)C2C(OC(C)=O)C3(O)C(C=C(C)C(OC(=O)C(C)C)CC(OC(C)=O)C12C)OC(=O)C3C. The molecule has 228 valence electrons. The van der Waals surface area contributed by atoms with Gasteiger partial charge in [0.05, 0.1) is 17.3 Å². The summed E-state index contributed by atoms with van der Waals surface area (Å²) < 4.78 is 29.1. The third kappa shape index (κ3) is 6.05. The van der Waals surface area contributed by atoms with Crippen LogP contribution in [0.5, 0.6) is 0 Å². The average molecular weight is 579 g/mol. The van der Waals surface area contributed by atoms with Gasteiger partial charge < -0.3 is 28.8 Å². The van der Waals surface area contributed by atoms with Crippen LogP contribution in [0.4, 0.5) is 0 Å². The van der Waals surface area contributed by atoms with Crippen molar-refractivity contribution in [3.63, 3.8) is 0 Å². The summed E-state index contributed by atoms with van der Waals surface area (Å²) in [5.74, 6) is -5.70. The summed E-state index contributed by atoms with van der Waals surface area (Å²) in [6.45, 7) is 13.7. The minimum Gasteiger partial charge on any atom is -0.462 e. The highest BCUT2D eigenvalue weighted by Crippen LogP contribution is 2.55. The molecule has 9 atom stereocenters. The Kier molecular flexibility index (Phi) is 9.42. The third-order valence-electron chi connectivity index (χ3n) is 8.70. The number of esters is 5. The molecule has 3 aliphatic rings. The van der Waals surface area contributed by atoms with E-state index in [1.807, 2.05) is 6.08 Å². The molecule has 0 radical (unpaired) electrons. The number of carbonyl (C=O) groups excluding carboxylic acids is 5. The zero-order valence-electron chi connectivity index (χ0n) is 25.2. The van der Waals surface area contributed by atoms with Crippen LogP contribution in [0, 0.1) is 23.2 Å². The lowest BCUT2D eigenvalue weighted by atomic mass is 9.56. The molecule has 0 spiro atoms. The molecule has 0 aromatic rings. The lowest BCUT2D eigenvalue weighted by Gasteiger charge is -2.55. The number of fused-ring (bicyclic) bond motifs is 2. The van der Waals surface area contributed by atoms with Gasteiger partial charge in [-0.25, -0.2) is 0 Å². The van der Waals surface area contributed by atoms with E-state index < -0.39 is 89.1 Å². The van der Waals surface area contributed by atoms with Crippen LogP contribution in [-0.2, 0) is 47.7 Å². The van der Waals surface area contributed by atoms with E-state index in [1.165, 1.54) is 33.8 Å². The van der Waals surface area contributed by atoms with Gasteiger partial charge in [0, 0.05) is 39.5 Å². The summed E-state index contributed by atoms with van der Waals surface area (Å²) in [4.78, 5) is 63.2. The molecular weight excluding hydrogens is 536 g/mol. The number of aliphatic hydroxyl groups is 1. The fraction of sp³-hybridized carbons (Fsp3) is 0.700. The Morgan fingerprint density at radius 2 is 1.51 bits per heavy atom. The molecule has 1 saturated heterocycles. The minimum atomic E-state index is -2.09. The van der Waals surface area contributed by atoms with E-state index in [0.29, 0.717) is 11.1 Å². The fourth-order valence-corrected chi connectivity index (χ4v) is 6.43. The highest BCUT2D eigenvalue weighted by Gasteiger charge is 2.67. The van der Waals surface area contributed by atoms with Crippen LogP contribution in [0.15, 0.2) is 23.3 Å². The summed E-state index contributed by atoms with van der Waals surface area (Å²) in [5.41, 5.74) is -2.33. The first-order valence-corrected chi connectivity index (χ1v) is 13.9. The molecule has 11 nitrogen and oxygen atoms in total. The van der Waals surface area contributed by atoms with Gasteiger partial charge in [0.15, 0.2) is 11.7 Å². The number of carbonyl (C=O) groups is 5. The van der Waals surface area contributed by atoms with Crippen LogP contribution in [0.1, 0.15) is 75.2 Å². The zero-order chi connectivity index (χ0) is 31.0. The molecule has 0 saturated carbocycles. The van der Waals surface area contributed by atoms with Crippen LogP contribution in [0.25, 0.3) is 0 Å². The first-order chi connectivity index (χ1) is 18.9. The van der Waals surface area contributed by atoms with Gasteiger partial charge in [-0.05, 0) is 32.4 Å². The highest BCUT2D eigenvalue weighted by molar-refractivity contribution is 5.78. The molecule has 9 unspecified atom stereocenters.